The summed E-state index contributed by atoms with van der Waals surface area (Å²) in [7, 11) is 0. The fourth-order valence-electron chi connectivity index (χ4n) is 2.98. The van der Waals surface area contributed by atoms with Crippen LogP contribution in [-0.4, -0.2) is 31.2 Å². The highest BCUT2D eigenvalue weighted by Crippen LogP contribution is 2.24. The van der Waals surface area contributed by atoms with Gasteiger partial charge in [-0.1, -0.05) is 33.8 Å². The molecule has 3 nitrogen and oxygen atoms in total. The molecule has 0 bridgehead atoms. The summed E-state index contributed by atoms with van der Waals surface area (Å²) in [6, 6.07) is 4.44. The van der Waals surface area contributed by atoms with E-state index in [1.54, 1.807) is 0 Å². The maximum absolute atomic E-state index is 4.74. The molecule has 1 saturated heterocycles. The molecular weight excluding hydrogens is 258 g/mol. The number of aromatic nitrogens is 1. The molecule has 2 heterocycles. The molecule has 1 aromatic rings. The molecule has 1 fully saturated rings. The molecule has 3 heteroatoms. The van der Waals surface area contributed by atoms with Gasteiger partial charge in [0.1, 0.15) is 5.82 Å². The number of hydrogen-bond donors (Lipinski definition) is 1. The maximum atomic E-state index is 4.74. The Hall–Kier alpha value is -1.09. The van der Waals surface area contributed by atoms with Gasteiger partial charge in [-0.15, -0.1) is 0 Å². The quantitative estimate of drug-likeness (QED) is 0.898. The van der Waals surface area contributed by atoms with Gasteiger partial charge in [0.05, 0.1) is 0 Å². The van der Waals surface area contributed by atoms with E-state index in [2.05, 4.69) is 56.2 Å². The van der Waals surface area contributed by atoms with Gasteiger partial charge < -0.3 is 10.2 Å². The zero-order chi connectivity index (χ0) is 15.3. The number of anilines is 1. The van der Waals surface area contributed by atoms with Gasteiger partial charge in [-0.05, 0) is 55.3 Å². The molecule has 118 valence electrons. The van der Waals surface area contributed by atoms with Crippen molar-refractivity contribution in [2.24, 2.45) is 5.92 Å². The highest BCUT2D eigenvalue weighted by molar-refractivity contribution is 5.40. The molecule has 0 radical (unpaired) electrons. The third-order valence-electron chi connectivity index (χ3n) is 4.31. The van der Waals surface area contributed by atoms with Crippen molar-refractivity contribution < 1.29 is 0 Å². The summed E-state index contributed by atoms with van der Waals surface area (Å²) in [6.45, 7) is 13.5. The molecule has 0 aromatic carbocycles. The summed E-state index contributed by atoms with van der Waals surface area (Å²) in [6.07, 6.45) is 5.87. The van der Waals surface area contributed by atoms with E-state index in [4.69, 9.17) is 4.98 Å². The van der Waals surface area contributed by atoms with Gasteiger partial charge in [0, 0.05) is 19.3 Å². The fraction of sp³-hybridized carbons (Fsp3) is 0.722. The van der Waals surface area contributed by atoms with Gasteiger partial charge in [0.2, 0.25) is 0 Å². The SMILES string of the molecule is CCCN(CC1CCCNC1)c1ccc(C(C)(C)C)cn1. The molecule has 1 unspecified atom stereocenters. The lowest BCUT2D eigenvalue weighted by Gasteiger charge is -2.31. The normalized spacial score (nSPS) is 19.5. The summed E-state index contributed by atoms with van der Waals surface area (Å²) in [5, 5.41) is 3.52. The Bertz CT molecular complexity index is 413. The standard InChI is InChI=1S/C18H31N3/c1-5-11-21(14-15-7-6-10-19-12-15)17-9-8-16(13-20-17)18(2,3)4/h8-9,13,15,19H,5-7,10-12,14H2,1-4H3. The number of piperidine rings is 1. The summed E-state index contributed by atoms with van der Waals surface area (Å²) in [5.41, 5.74) is 1.48. The van der Waals surface area contributed by atoms with Crippen molar-refractivity contribution in [3.8, 4) is 0 Å². The molecule has 1 aliphatic rings. The average molecular weight is 289 g/mol. The first-order chi connectivity index (χ1) is 10.0. The number of nitrogens with one attached hydrogen (secondary N) is 1. The van der Waals surface area contributed by atoms with E-state index in [0.717, 1.165) is 31.4 Å². The van der Waals surface area contributed by atoms with Crippen molar-refractivity contribution in [3.63, 3.8) is 0 Å². The number of pyridine rings is 1. The second-order valence-electron chi connectivity index (χ2n) is 7.31. The first kappa shape index (κ1) is 16.3. The Morgan fingerprint density at radius 1 is 1.33 bits per heavy atom. The smallest absolute Gasteiger partial charge is 0.128 e. The molecule has 21 heavy (non-hydrogen) atoms. The minimum atomic E-state index is 0.175. The summed E-state index contributed by atoms with van der Waals surface area (Å²) < 4.78 is 0. The minimum Gasteiger partial charge on any atom is -0.356 e. The van der Waals surface area contributed by atoms with Crippen molar-refractivity contribution in [1.29, 1.82) is 0 Å². The average Bonchev–Trinajstić information content (AvgIpc) is 2.47. The Labute approximate surface area is 130 Å². The van der Waals surface area contributed by atoms with E-state index in [-0.39, 0.29) is 5.41 Å². The van der Waals surface area contributed by atoms with Crippen LogP contribution in [0.1, 0.15) is 52.5 Å². The molecule has 1 aromatic heterocycles. The third-order valence-corrected chi connectivity index (χ3v) is 4.31. The second kappa shape index (κ2) is 7.26. The lowest BCUT2D eigenvalue weighted by molar-refractivity contribution is 0.376. The molecule has 2 rings (SSSR count). The van der Waals surface area contributed by atoms with Crippen LogP contribution in [0.15, 0.2) is 18.3 Å². The molecule has 1 N–H and O–H groups in total. The van der Waals surface area contributed by atoms with Crippen LogP contribution in [0, 0.1) is 5.92 Å². The minimum absolute atomic E-state index is 0.175. The van der Waals surface area contributed by atoms with Crippen LogP contribution >= 0.6 is 0 Å². The van der Waals surface area contributed by atoms with Crippen molar-refractivity contribution in [1.82, 2.24) is 10.3 Å². The van der Waals surface area contributed by atoms with E-state index in [1.165, 1.54) is 31.4 Å². The van der Waals surface area contributed by atoms with Gasteiger partial charge in [0.25, 0.3) is 0 Å². The predicted octanol–water partition coefficient (Wildman–Crippen LogP) is 3.60. The summed E-state index contributed by atoms with van der Waals surface area (Å²) in [5.74, 6) is 1.89. The zero-order valence-electron chi connectivity index (χ0n) is 14.2. The van der Waals surface area contributed by atoms with E-state index in [0.29, 0.717) is 0 Å². The van der Waals surface area contributed by atoms with Crippen LogP contribution in [0.2, 0.25) is 0 Å². The number of nitrogens with zero attached hydrogens (tertiary/aromatic N) is 2. The van der Waals surface area contributed by atoms with Crippen LogP contribution in [0.4, 0.5) is 5.82 Å². The van der Waals surface area contributed by atoms with Gasteiger partial charge in [-0.3, -0.25) is 0 Å². The molecule has 1 atom stereocenters. The second-order valence-corrected chi connectivity index (χ2v) is 7.31. The number of hydrogen-bond acceptors (Lipinski definition) is 3. The van der Waals surface area contributed by atoms with Crippen LogP contribution in [0.3, 0.4) is 0 Å². The van der Waals surface area contributed by atoms with E-state index in [1.807, 2.05) is 0 Å². The Kier molecular flexibility index (Phi) is 5.63. The van der Waals surface area contributed by atoms with Gasteiger partial charge in [-0.25, -0.2) is 4.98 Å². The van der Waals surface area contributed by atoms with E-state index < -0.39 is 0 Å². The number of rotatable bonds is 5. The lowest BCUT2D eigenvalue weighted by Crippen LogP contribution is -2.39. The first-order valence-electron chi connectivity index (χ1n) is 8.43. The van der Waals surface area contributed by atoms with Crippen molar-refractivity contribution in [2.75, 3.05) is 31.1 Å². The third kappa shape index (κ3) is 4.70. The largest absolute Gasteiger partial charge is 0.356 e. The topological polar surface area (TPSA) is 28.2 Å². The molecule has 0 aliphatic carbocycles. The van der Waals surface area contributed by atoms with Crippen molar-refractivity contribution >= 4 is 5.82 Å². The van der Waals surface area contributed by atoms with Crippen LogP contribution in [-0.2, 0) is 5.41 Å². The van der Waals surface area contributed by atoms with Gasteiger partial charge >= 0.3 is 0 Å². The summed E-state index contributed by atoms with van der Waals surface area (Å²) >= 11 is 0. The van der Waals surface area contributed by atoms with Crippen LogP contribution < -0.4 is 10.2 Å². The molecule has 0 amide bonds. The Balaban J connectivity index is 2.06. The Morgan fingerprint density at radius 2 is 2.14 bits per heavy atom. The first-order valence-corrected chi connectivity index (χ1v) is 8.43. The highest BCUT2D eigenvalue weighted by atomic mass is 15.2. The predicted molar refractivity (Wildman–Crippen MR) is 91.0 cm³/mol. The molecule has 0 saturated carbocycles. The van der Waals surface area contributed by atoms with Crippen LogP contribution in [0.5, 0.6) is 0 Å². The van der Waals surface area contributed by atoms with Crippen molar-refractivity contribution in [3.05, 3.63) is 23.9 Å². The van der Waals surface area contributed by atoms with Crippen LogP contribution in [0.25, 0.3) is 0 Å². The fourth-order valence-corrected chi connectivity index (χ4v) is 2.98. The maximum Gasteiger partial charge on any atom is 0.128 e. The molecular formula is C18H31N3. The monoisotopic (exact) mass is 289 g/mol. The highest BCUT2D eigenvalue weighted by Gasteiger charge is 2.19. The zero-order valence-corrected chi connectivity index (χ0v) is 14.2. The summed E-state index contributed by atoms with van der Waals surface area (Å²) in [4.78, 5) is 7.20. The molecule has 1 aliphatic heterocycles. The van der Waals surface area contributed by atoms with Gasteiger partial charge in [0.15, 0.2) is 0 Å². The lowest BCUT2D eigenvalue weighted by atomic mass is 9.88. The van der Waals surface area contributed by atoms with E-state index in [9.17, 15) is 0 Å². The molecule has 0 spiro atoms. The Morgan fingerprint density at radius 3 is 2.67 bits per heavy atom. The van der Waals surface area contributed by atoms with Crippen molar-refractivity contribution in [2.45, 2.75) is 52.4 Å². The van der Waals surface area contributed by atoms with E-state index >= 15 is 0 Å². The van der Waals surface area contributed by atoms with Gasteiger partial charge in [-0.2, -0.15) is 0 Å².